The van der Waals surface area contributed by atoms with Crippen molar-refractivity contribution in [2.24, 2.45) is 0 Å². The zero-order valence-electron chi connectivity index (χ0n) is 21.0. The van der Waals surface area contributed by atoms with E-state index in [1.807, 2.05) is 17.5 Å². The number of carbonyl (C=O) groups is 2. The monoisotopic (exact) mass is 581 g/mol. The Morgan fingerprint density at radius 1 is 0.974 bits per heavy atom. The Labute approximate surface area is 240 Å². The summed E-state index contributed by atoms with van der Waals surface area (Å²) in [5.41, 5.74) is 4.12. The van der Waals surface area contributed by atoms with Crippen LogP contribution < -0.4 is 10.1 Å². The number of hydrogen-bond donors (Lipinski definition) is 2. The molecule has 0 saturated carbocycles. The lowest BCUT2D eigenvalue weighted by Crippen LogP contribution is -2.43. The minimum absolute atomic E-state index is 0.116. The van der Waals surface area contributed by atoms with E-state index >= 15 is 0 Å². The predicted molar refractivity (Wildman–Crippen MR) is 155 cm³/mol. The molecule has 7 nitrogen and oxygen atoms in total. The average molecular weight is 583 g/mol. The standard InChI is InChI=1S/C29H25Cl2N3O4S/c1-34-12-10-21(11-13-34)32-27(35)18-4-2-17(3-5-18)22-8-6-20(15-26(22)38-29(36)37)28-33-25(16-39-28)19-7-9-23(30)24(31)14-19/h2-9,14-16,21H,10-13H2,1H3,(H,32,35)(H,36,37). The summed E-state index contributed by atoms with van der Waals surface area (Å²) < 4.78 is 5.15. The highest BCUT2D eigenvalue weighted by Gasteiger charge is 2.20. The Kier molecular flexibility index (Phi) is 8.18. The molecule has 0 aliphatic carbocycles. The van der Waals surface area contributed by atoms with E-state index < -0.39 is 6.16 Å². The van der Waals surface area contributed by atoms with Gasteiger partial charge in [-0.1, -0.05) is 47.5 Å². The second-order valence-electron chi connectivity index (χ2n) is 9.37. The molecule has 1 aliphatic rings. The van der Waals surface area contributed by atoms with Gasteiger partial charge < -0.3 is 20.1 Å². The number of rotatable bonds is 6. The molecule has 1 aliphatic heterocycles. The van der Waals surface area contributed by atoms with Crippen molar-refractivity contribution in [3.05, 3.63) is 81.7 Å². The summed E-state index contributed by atoms with van der Waals surface area (Å²) in [7, 11) is 2.08. The molecule has 1 aromatic heterocycles. The maximum absolute atomic E-state index is 12.7. The zero-order chi connectivity index (χ0) is 27.5. The number of thiazole rings is 1. The van der Waals surface area contributed by atoms with E-state index in [0.717, 1.165) is 42.8 Å². The van der Waals surface area contributed by atoms with Gasteiger partial charge in [0, 0.05) is 33.7 Å². The van der Waals surface area contributed by atoms with Gasteiger partial charge in [0.1, 0.15) is 10.8 Å². The van der Waals surface area contributed by atoms with Crippen molar-refractivity contribution >= 4 is 46.6 Å². The van der Waals surface area contributed by atoms with Crippen LogP contribution in [-0.4, -0.2) is 53.2 Å². The number of aromatic nitrogens is 1. The Morgan fingerprint density at radius 2 is 1.67 bits per heavy atom. The summed E-state index contributed by atoms with van der Waals surface area (Å²) >= 11 is 13.6. The van der Waals surface area contributed by atoms with Gasteiger partial charge in [-0.2, -0.15) is 0 Å². The van der Waals surface area contributed by atoms with Crippen LogP contribution in [0.1, 0.15) is 23.2 Å². The highest BCUT2D eigenvalue weighted by Crippen LogP contribution is 2.37. The Balaban J connectivity index is 1.37. The van der Waals surface area contributed by atoms with Crippen LogP contribution in [0.2, 0.25) is 10.0 Å². The molecule has 1 saturated heterocycles. The van der Waals surface area contributed by atoms with Gasteiger partial charge in [0.2, 0.25) is 0 Å². The van der Waals surface area contributed by atoms with Crippen molar-refractivity contribution in [2.75, 3.05) is 20.1 Å². The molecule has 10 heteroatoms. The number of amides is 1. The zero-order valence-corrected chi connectivity index (χ0v) is 23.3. The van der Waals surface area contributed by atoms with E-state index in [1.165, 1.54) is 11.3 Å². The van der Waals surface area contributed by atoms with Crippen LogP contribution in [0.15, 0.2) is 66.0 Å². The van der Waals surface area contributed by atoms with Crippen LogP contribution in [-0.2, 0) is 0 Å². The maximum atomic E-state index is 12.7. The van der Waals surface area contributed by atoms with E-state index in [0.29, 0.717) is 31.7 Å². The number of likely N-dealkylation sites (tertiary alicyclic amines) is 1. The molecule has 3 aromatic carbocycles. The third-order valence-electron chi connectivity index (χ3n) is 6.66. The first-order valence-corrected chi connectivity index (χ1v) is 14.0. The second-order valence-corrected chi connectivity index (χ2v) is 11.0. The molecule has 2 N–H and O–H groups in total. The van der Waals surface area contributed by atoms with Crippen molar-refractivity contribution in [1.82, 2.24) is 15.2 Å². The van der Waals surface area contributed by atoms with Crippen LogP contribution in [0.4, 0.5) is 4.79 Å². The fraction of sp³-hybridized carbons (Fsp3) is 0.207. The molecule has 0 spiro atoms. The molecular formula is C29H25Cl2N3O4S. The first-order chi connectivity index (χ1) is 18.8. The molecule has 0 unspecified atom stereocenters. The lowest BCUT2D eigenvalue weighted by atomic mass is 10.0. The number of piperidine rings is 1. The minimum Gasteiger partial charge on any atom is -0.449 e. The van der Waals surface area contributed by atoms with Gasteiger partial charge in [0.25, 0.3) is 5.91 Å². The van der Waals surface area contributed by atoms with E-state index in [4.69, 9.17) is 32.9 Å². The molecule has 200 valence electrons. The van der Waals surface area contributed by atoms with E-state index in [-0.39, 0.29) is 17.7 Å². The number of hydrogen-bond acceptors (Lipinski definition) is 6. The van der Waals surface area contributed by atoms with Gasteiger partial charge in [0.05, 0.1) is 15.7 Å². The molecule has 2 heterocycles. The third-order valence-corrected chi connectivity index (χ3v) is 8.29. The van der Waals surface area contributed by atoms with Gasteiger partial charge in [-0.25, -0.2) is 9.78 Å². The van der Waals surface area contributed by atoms with Crippen molar-refractivity contribution in [3.8, 4) is 38.7 Å². The van der Waals surface area contributed by atoms with Gasteiger partial charge in [-0.05, 0) is 74.9 Å². The molecule has 1 fully saturated rings. The van der Waals surface area contributed by atoms with Gasteiger partial charge >= 0.3 is 6.16 Å². The summed E-state index contributed by atoms with van der Waals surface area (Å²) in [6.07, 6.45) is 0.436. The van der Waals surface area contributed by atoms with Gasteiger partial charge in [-0.3, -0.25) is 4.79 Å². The van der Waals surface area contributed by atoms with Gasteiger partial charge in [-0.15, -0.1) is 11.3 Å². The van der Waals surface area contributed by atoms with Crippen molar-refractivity contribution < 1.29 is 19.4 Å². The highest BCUT2D eigenvalue weighted by atomic mass is 35.5. The summed E-state index contributed by atoms with van der Waals surface area (Å²) in [4.78, 5) is 31.2. The normalized spacial score (nSPS) is 14.2. The van der Waals surface area contributed by atoms with Crippen LogP contribution in [0.5, 0.6) is 5.75 Å². The minimum atomic E-state index is -1.42. The number of carboxylic acid groups (broad SMARTS) is 1. The number of nitrogens with one attached hydrogen (secondary N) is 1. The fourth-order valence-corrected chi connectivity index (χ4v) is 5.61. The summed E-state index contributed by atoms with van der Waals surface area (Å²) in [6, 6.07) is 17.8. The van der Waals surface area contributed by atoms with Crippen molar-refractivity contribution in [3.63, 3.8) is 0 Å². The van der Waals surface area contributed by atoms with E-state index in [1.54, 1.807) is 48.5 Å². The quantitative estimate of drug-likeness (QED) is 0.183. The maximum Gasteiger partial charge on any atom is 0.511 e. The summed E-state index contributed by atoms with van der Waals surface area (Å²) in [5, 5.41) is 16.0. The van der Waals surface area contributed by atoms with Crippen molar-refractivity contribution in [1.29, 1.82) is 0 Å². The van der Waals surface area contributed by atoms with Crippen molar-refractivity contribution in [2.45, 2.75) is 18.9 Å². The summed E-state index contributed by atoms with van der Waals surface area (Å²) in [6.45, 7) is 1.92. The van der Waals surface area contributed by atoms with Crippen LogP contribution in [0, 0.1) is 0 Å². The molecule has 4 aromatic rings. The first-order valence-electron chi connectivity index (χ1n) is 12.3. The number of nitrogens with zero attached hydrogens (tertiary/aromatic N) is 2. The average Bonchev–Trinajstić information content (AvgIpc) is 3.42. The molecule has 5 rings (SSSR count). The van der Waals surface area contributed by atoms with Gasteiger partial charge in [0.15, 0.2) is 0 Å². The molecule has 39 heavy (non-hydrogen) atoms. The molecule has 0 atom stereocenters. The first kappa shape index (κ1) is 27.1. The van der Waals surface area contributed by atoms with Crippen LogP contribution in [0.3, 0.4) is 0 Å². The number of ether oxygens (including phenoxy) is 1. The van der Waals surface area contributed by atoms with E-state index in [9.17, 15) is 14.7 Å². The molecule has 1 amide bonds. The molecule has 0 radical (unpaired) electrons. The van der Waals surface area contributed by atoms with Crippen LogP contribution >= 0.6 is 34.5 Å². The number of carbonyl (C=O) groups excluding carboxylic acids is 1. The number of halogens is 2. The Hall–Kier alpha value is -3.43. The Morgan fingerprint density at radius 3 is 2.36 bits per heavy atom. The highest BCUT2D eigenvalue weighted by molar-refractivity contribution is 7.13. The topological polar surface area (TPSA) is 91.8 Å². The third kappa shape index (κ3) is 6.42. The van der Waals surface area contributed by atoms with E-state index in [2.05, 4.69) is 17.3 Å². The fourth-order valence-electron chi connectivity index (χ4n) is 4.49. The molecular weight excluding hydrogens is 557 g/mol. The summed E-state index contributed by atoms with van der Waals surface area (Å²) in [5.74, 6) is 0.0600. The lowest BCUT2D eigenvalue weighted by Gasteiger charge is -2.29. The Bertz CT molecular complexity index is 1520. The number of benzene rings is 3. The largest absolute Gasteiger partial charge is 0.511 e. The lowest BCUT2D eigenvalue weighted by molar-refractivity contribution is 0.0916. The second kappa shape index (κ2) is 11.8. The smallest absolute Gasteiger partial charge is 0.449 e. The van der Waals surface area contributed by atoms with Crippen LogP contribution in [0.25, 0.3) is 33.0 Å². The predicted octanol–water partition coefficient (Wildman–Crippen LogP) is 7.33. The molecule has 0 bridgehead atoms. The SMILES string of the molecule is CN1CCC(NC(=O)c2ccc(-c3ccc(-c4nc(-c5ccc(Cl)c(Cl)c5)cs4)cc3OC(=O)O)cc2)CC1.